The Balaban J connectivity index is 1.97. The SMILES string of the molecule is CCN(CCO)C(=O)C1CC(=O)N(Cc2ccccc2)C1. The molecule has 21 heavy (non-hydrogen) atoms. The van der Waals surface area contributed by atoms with Crippen LogP contribution in [0.3, 0.4) is 0 Å². The molecule has 2 rings (SSSR count). The molecule has 0 radical (unpaired) electrons. The molecular weight excluding hydrogens is 268 g/mol. The second-order valence-electron chi connectivity index (χ2n) is 5.30. The van der Waals surface area contributed by atoms with E-state index in [0.717, 1.165) is 5.56 Å². The number of nitrogens with zero attached hydrogens (tertiary/aromatic N) is 2. The Kier molecular flexibility index (Phi) is 5.33. The molecule has 1 fully saturated rings. The predicted octanol–water partition coefficient (Wildman–Crippen LogP) is 0.876. The maximum absolute atomic E-state index is 12.3. The van der Waals surface area contributed by atoms with Crippen LogP contribution in [0.5, 0.6) is 0 Å². The average molecular weight is 290 g/mol. The van der Waals surface area contributed by atoms with Crippen molar-refractivity contribution in [1.82, 2.24) is 9.80 Å². The first-order valence-corrected chi connectivity index (χ1v) is 7.37. The van der Waals surface area contributed by atoms with Gasteiger partial charge in [0.2, 0.25) is 11.8 Å². The minimum absolute atomic E-state index is 0.0252. The number of carbonyl (C=O) groups excluding carboxylic acids is 2. The van der Waals surface area contributed by atoms with Gasteiger partial charge in [-0.05, 0) is 12.5 Å². The number of benzene rings is 1. The maximum atomic E-state index is 12.3. The summed E-state index contributed by atoms with van der Waals surface area (Å²) < 4.78 is 0. The Morgan fingerprint density at radius 2 is 2.10 bits per heavy atom. The van der Waals surface area contributed by atoms with Crippen LogP contribution >= 0.6 is 0 Å². The van der Waals surface area contributed by atoms with E-state index < -0.39 is 0 Å². The second kappa shape index (κ2) is 7.22. The largest absolute Gasteiger partial charge is 0.395 e. The highest BCUT2D eigenvalue weighted by molar-refractivity contribution is 5.89. The minimum atomic E-state index is -0.285. The molecule has 1 unspecified atom stereocenters. The normalized spacial score (nSPS) is 18.1. The molecule has 1 aromatic rings. The predicted molar refractivity (Wildman–Crippen MR) is 79.3 cm³/mol. The van der Waals surface area contributed by atoms with Gasteiger partial charge in [-0.25, -0.2) is 0 Å². The van der Waals surface area contributed by atoms with Crippen molar-refractivity contribution in [2.75, 3.05) is 26.2 Å². The van der Waals surface area contributed by atoms with E-state index in [9.17, 15) is 9.59 Å². The number of amides is 2. The Labute approximate surface area is 125 Å². The van der Waals surface area contributed by atoms with Gasteiger partial charge in [0.25, 0.3) is 0 Å². The van der Waals surface area contributed by atoms with E-state index in [1.54, 1.807) is 9.80 Å². The van der Waals surface area contributed by atoms with Crippen molar-refractivity contribution in [3.05, 3.63) is 35.9 Å². The molecule has 1 N–H and O–H groups in total. The van der Waals surface area contributed by atoms with Crippen molar-refractivity contribution in [3.8, 4) is 0 Å². The van der Waals surface area contributed by atoms with Crippen molar-refractivity contribution >= 4 is 11.8 Å². The van der Waals surface area contributed by atoms with E-state index in [2.05, 4.69) is 0 Å². The van der Waals surface area contributed by atoms with Crippen molar-refractivity contribution < 1.29 is 14.7 Å². The Morgan fingerprint density at radius 1 is 1.38 bits per heavy atom. The Hall–Kier alpha value is -1.88. The number of hydrogen-bond acceptors (Lipinski definition) is 3. The first-order chi connectivity index (χ1) is 10.2. The Morgan fingerprint density at radius 3 is 2.71 bits per heavy atom. The lowest BCUT2D eigenvalue weighted by molar-refractivity contribution is -0.136. The van der Waals surface area contributed by atoms with E-state index in [4.69, 9.17) is 5.11 Å². The van der Waals surface area contributed by atoms with Gasteiger partial charge in [0.1, 0.15) is 0 Å². The maximum Gasteiger partial charge on any atom is 0.228 e. The summed E-state index contributed by atoms with van der Waals surface area (Å²) in [6.45, 7) is 3.74. The van der Waals surface area contributed by atoms with Crippen LogP contribution < -0.4 is 0 Å². The molecule has 0 aromatic heterocycles. The molecule has 1 aromatic carbocycles. The van der Waals surface area contributed by atoms with E-state index >= 15 is 0 Å². The molecule has 0 saturated carbocycles. The quantitative estimate of drug-likeness (QED) is 0.846. The van der Waals surface area contributed by atoms with Crippen molar-refractivity contribution in [2.45, 2.75) is 19.9 Å². The summed E-state index contributed by atoms with van der Waals surface area (Å²) >= 11 is 0. The third kappa shape index (κ3) is 3.82. The van der Waals surface area contributed by atoms with Crippen molar-refractivity contribution in [2.24, 2.45) is 5.92 Å². The molecule has 5 nitrogen and oxygen atoms in total. The van der Waals surface area contributed by atoms with Gasteiger partial charge in [0.15, 0.2) is 0 Å². The van der Waals surface area contributed by atoms with Crippen LogP contribution in [0.4, 0.5) is 0 Å². The third-order valence-electron chi connectivity index (χ3n) is 3.84. The first kappa shape index (κ1) is 15.5. The van der Waals surface area contributed by atoms with Gasteiger partial charge in [0.05, 0.1) is 12.5 Å². The van der Waals surface area contributed by atoms with Gasteiger partial charge < -0.3 is 14.9 Å². The number of likely N-dealkylation sites (tertiary alicyclic amines) is 1. The topological polar surface area (TPSA) is 60.9 Å². The van der Waals surface area contributed by atoms with Crippen LogP contribution in [0.1, 0.15) is 18.9 Å². The number of aliphatic hydroxyl groups is 1. The zero-order chi connectivity index (χ0) is 15.2. The van der Waals surface area contributed by atoms with Gasteiger partial charge >= 0.3 is 0 Å². The average Bonchev–Trinajstić information content (AvgIpc) is 2.86. The van der Waals surface area contributed by atoms with Crippen LogP contribution in [0.2, 0.25) is 0 Å². The van der Waals surface area contributed by atoms with E-state index in [-0.39, 0.29) is 30.8 Å². The summed E-state index contributed by atoms with van der Waals surface area (Å²) in [6, 6.07) is 9.78. The molecule has 1 saturated heterocycles. The third-order valence-corrected chi connectivity index (χ3v) is 3.84. The summed E-state index contributed by atoms with van der Waals surface area (Å²) in [5, 5.41) is 8.99. The van der Waals surface area contributed by atoms with Crippen molar-refractivity contribution in [3.63, 3.8) is 0 Å². The number of aliphatic hydroxyl groups excluding tert-OH is 1. The summed E-state index contributed by atoms with van der Waals surface area (Å²) in [4.78, 5) is 27.8. The van der Waals surface area contributed by atoms with Gasteiger partial charge in [-0.3, -0.25) is 9.59 Å². The second-order valence-corrected chi connectivity index (χ2v) is 5.30. The summed E-state index contributed by atoms with van der Waals surface area (Å²) in [7, 11) is 0. The van der Waals surface area contributed by atoms with Crippen LogP contribution in [0.25, 0.3) is 0 Å². The zero-order valence-corrected chi connectivity index (χ0v) is 12.4. The van der Waals surface area contributed by atoms with E-state index in [1.165, 1.54) is 0 Å². The van der Waals surface area contributed by atoms with Crippen LogP contribution in [-0.4, -0.2) is 53.0 Å². The number of carbonyl (C=O) groups is 2. The summed E-state index contributed by atoms with van der Waals surface area (Å²) in [5.41, 5.74) is 1.07. The fourth-order valence-electron chi connectivity index (χ4n) is 2.70. The lowest BCUT2D eigenvalue weighted by Gasteiger charge is -2.23. The smallest absolute Gasteiger partial charge is 0.228 e. The van der Waals surface area contributed by atoms with Crippen molar-refractivity contribution in [1.29, 1.82) is 0 Å². The van der Waals surface area contributed by atoms with Gasteiger partial charge in [-0.1, -0.05) is 30.3 Å². The van der Waals surface area contributed by atoms with Gasteiger partial charge in [0, 0.05) is 32.6 Å². The lowest BCUT2D eigenvalue weighted by Crippen LogP contribution is -2.39. The fraction of sp³-hybridized carbons (Fsp3) is 0.500. The van der Waals surface area contributed by atoms with Gasteiger partial charge in [-0.15, -0.1) is 0 Å². The van der Waals surface area contributed by atoms with Crippen LogP contribution in [-0.2, 0) is 16.1 Å². The molecule has 0 spiro atoms. The Bertz CT molecular complexity index is 490. The highest BCUT2D eigenvalue weighted by Crippen LogP contribution is 2.22. The molecule has 0 bridgehead atoms. The molecule has 1 heterocycles. The first-order valence-electron chi connectivity index (χ1n) is 7.37. The monoisotopic (exact) mass is 290 g/mol. The van der Waals surface area contributed by atoms with Crippen LogP contribution in [0.15, 0.2) is 30.3 Å². The van der Waals surface area contributed by atoms with E-state index in [0.29, 0.717) is 26.2 Å². The lowest BCUT2D eigenvalue weighted by atomic mass is 10.1. The molecule has 2 amide bonds. The molecule has 1 atom stereocenters. The van der Waals surface area contributed by atoms with Crippen LogP contribution in [0, 0.1) is 5.92 Å². The fourth-order valence-corrected chi connectivity index (χ4v) is 2.70. The molecule has 114 valence electrons. The molecule has 5 heteroatoms. The van der Waals surface area contributed by atoms with Gasteiger partial charge in [-0.2, -0.15) is 0 Å². The standard InChI is InChI=1S/C16H22N2O3/c1-2-17(8-9-19)16(21)14-10-15(20)18(12-14)11-13-6-4-3-5-7-13/h3-7,14,19H,2,8-12H2,1H3. The molecule has 1 aliphatic heterocycles. The molecule has 0 aliphatic carbocycles. The minimum Gasteiger partial charge on any atom is -0.395 e. The highest BCUT2D eigenvalue weighted by atomic mass is 16.3. The van der Waals surface area contributed by atoms with E-state index in [1.807, 2.05) is 37.3 Å². The molecule has 1 aliphatic rings. The number of hydrogen-bond donors (Lipinski definition) is 1. The summed E-state index contributed by atoms with van der Waals surface area (Å²) in [6.07, 6.45) is 0.271. The molecular formula is C16H22N2O3. The summed E-state index contributed by atoms with van der Waals surface area (Å²) in [5.74, 6) is -0.291. The number of likely N-dealkylation sites (N-methyl/N-ethyl adjacent to an activating group) is 1. The highest BCUT2D eigenvalue weighted by Gasteiger charge is 2.35. The number of rotatable bonds is 6. The zero-order valence-electron chi connectivity index (χ0n) is 12.4.